The summed E-state index contributed by atoms with van der Waals surface area (Å²) in [5.74, 6) is 0.692. The summed E-state index contributed by atoms with van der Waals surface area (Å²) >= 11 is 0. The van der Waals surface area contributed by atoms with Crippen molar-refractivity contribution in [2.24, 2.45) is 0 Å². The maximum atomic E-state index is 12.0. The lowest BCUT2D eigenvalue weighted by molar-refractivity contribution is -0.130. The first kappa shape index (κ1) is 17.4. The minimum atomic E-state index is -2.85. The highest BCUT2D eigenvalue weighted by Crippen LogP contribution is 2.17. The predicted molar refractivity (Wildman–Crippen MR) is 81.5 cm³/mol. The average molecular weight is 304 g/mol. The quantitative estimate of drug-likeness (QED) is 0.675. The van der Waals surface area contributed by atoms with Crippen LogP contribution >= 0.6 is 0 Å². The second kappa shape index (κ2) is 7.98. The molecule has 0 N–H and O–H groups in total. The monoisotopic (exact) mass is 304 g/mol. The first-order valence-corrected chi connectivity index (χ1v) is 9.40. The molecule has 1 amide bonds. The zero-order valence-corrected chi connectivity index (χ0v) is 13.8. The molecular formula is C14H28N2O3S. The fourth-order valence-electron chi connectivity index (χ4n) is 2.61. The van der Waals surface area contributed by atoms with Crippen LogP contribution < -0.4 is 0 Å². The van der Waals surface area contributed by atoms with Gasteiger partial charge in [-0.15, -0.1) is 0 Å². The number of unbranched alkanes of at least 4 members (excludes halogenated alkanes) is 1. The van der Waals surface area contributed by atoms with Gasteiger partial charge in [0, 0.05) is 32.6 Å². The summed E-state index contributed by atoms with van der Waals surface area (Å²) in [5.41, 5.74) is 0. The third-order valence-corrected chi connectivity index (χ3v) is 5.77. The van der Waals surface area contributed by atoms with Gasteiger partial charge in [0.15, 0.2) is 9.84 Å². The molecule has 1 fully saturated rings. The summed E-state index contributed by atoms with van der Waals surface area (Å²) in [4.78, 5) is 15.9. The van der Waals surface area contributed by atoms with Crippen molar-refractivity contribution in [2.45, 2.75) is 45.6 Å². The van der Waals surface area contributed by atoms with Crippen molar-refractivity contribution >= 4 is 15.7 Å². The van der Waals surface area contributed by atoms with Crippen LogP contribution in [0.5, 0.6) is 0 Å². The number of rotatable bonds is 8. The van der Waals surface area contributed by atoms with E-state index in [2.05, 4.69) is 11.8 Å². The molecule has 0 radical (unpaired) electrons. The summed E-state index contributed by atoms with van der Waals surface area (Å²) in [6.07, 6.45) is 3.29. The summed E-state index contributed by atoms with van der Waals surface area (Å²) in [7, 11) is -1.01. The van der Waals surface area contributed by atoms with Crippen molar-refractivity contribution in [1.29, 1.82) is 0 Å². The number of amides is 1. The Labute approximate surface area is 123 Å². The van der Waals surface area contributed by atoms with E-state index in [0.29, 0.717) is 25.1 Å². The molecule has 1 heterocycles. The molecule has 0 bridgehead atoms. The van der Waals surface area contributed by atoms with E-state index in [0.717, 1.165) is 25.9 Å². The van der Waals surface area contributed by atoms with E-state index in [4.69, 9.17) is 0 Å². The third kappa shape index (κ3) is 5.40. The van der Waals surface area contributed by atoms with Crippen molar-refractivity contribution in [1.82, 2.24) is 9.80 Å². The standard InChI is InChI=1S/C14H28N2O3S/c1-4-6-9-15(3)14(17)7-10-16(5-2)13-8-11-20(18,19)12-13/h13H,4-12H2,1-3H3. The van der Waals surface area contributed by atoms with Gasteiger partial charge in [-0.3, -0.25) is 9.69 Å². The fraction of sp³-hybridized carbons (Fsp3) is 0.929. The van der Waals surface area contributed by atoms with Crippen LogP contribution in [0.1, 0.15) is 39.5 Å². The topological polar surface area (TPSA) is 57.7 Å². The minimum absolute atomic E-state index is 0.0961. The normalized spacial score (nSPS) is 21.3. The maximum absolute atomic E-state index is 12.0. The largest absolute Gasteiger partial charge is 0.346 e. The second-order valence-corrected chi connectivity index (χ2v) is 7.83. The van der Waals surface area contributed by atoms with Crippen molar-refractivity contribution < 1.29 is 13.2 Å². The van der Waals surface area contributed by atoms with Crippen LogP contribution in [0.25, 0.3) is 0 Å². The molecule has 1 saturated heterocycles. The SMILES string of the molecule is CCCCN(C)C(=O)CCN(CC)C1CCS(=O)(=O)C1. The molecule has 20 heavy (non-hydrogen) atoms. The van der Waals surface area contributed by atoms with Gasteiger partial charge >= 0.3 is 0 Å². The summed E-state index contributed by atoms with van der Waals surface area (Å²) in [5, 5.41) is 0. The lowest BCUT2D eigenvalue weighted by Crippen LogP contribution is -2.39. The molecule has 1 unspecified atom stereocenters. The van der Waals surface area contributed by atoms with Crippen LogP contribution in [0.4, 0.5) is 0 Å². The molecular weight excluding hydrogens is 276 g/mol. The van der Waals surface area contributed by atoms with E-state index < -0.39 is 9.84 Å². The highest BCUT2D eigenvalue weighted by Gasteiger charge is 2.31. The van der Waals surface area contributed by atoms with Crippen molar-refractivity contribution in [3.8, 4) is 0 Å². The zero-order chi connectivity index (χ0) is 15.2. The highest BCUT2D eigenvalue weighted by atomic mass is 32.2. The van der Waals surface area contributed by atoms with Gasteiger partial charge in [-0.05, 0) is 19.4 Å². The van der Waals surface area contributed by atoms with Crippen LogP contribution in [0.2, 0.25) is 0 Å². The molecule has 0 spiro atoms. The Balaban J connectivity index is 2.40. The van der Waals surface area contributed by atoms with Gasteiger partial charge < -0.3 is 4.90 Å². The average Bonchev–Trinajstić information content (AvgIpc) is 2.76. The first-order valence-electron chi connectivity index (χ1n) is 7.58. The molecule has 1 aliphatic rings. The minimum Gasteiger partial charge on any atom is -0.346 e. The van der Waals surface area contributed by atoms with Gasteiger partial charge in [0.1, 0.15) is 0 Å². The summed E-state index contributed by atoms with van der Waals surface area (Å²) < 4.78 is 23.0. The van der Waals surface area contributed by atoms with Crippen LogP contribution in [-0.4, -0.2) is 68.4 Å². The molecule has 6 heteroatoms. The fourth-order valence-corrected chi connectivity index (χ4v) is 4.37. The summed E-state index contributed by atoms with van der Waals surface area (Å²) in [6, 6.07) is 0.0961. The van der Waals surface area contributed by atoms with Crippen molar-refractivity contribution in [3.63, 3.8) is 0 Å². The van der Waals surface area contributed by atoms with Gasteiger partial charge in [-0.25, -0.2) is 8.42 Å². The van der Waals surface area contributed by atoms with E-state index in [1.165, 1.54) is 0 Å². The van der Waals surface area contributed by atoms with Gasteiger partial charge in [0.2, 0.25) is 5.91 Å². The first-order chi connectivity index (χ1) is 9.39. The van der Waals surface area contributed by atoms with E-state index >= 15 is 0 Å². The maximum Gasteiger partial charge on any atom is 0.223 e. The number of hydrogen-bond donors (Lipinski definition) is 0. The van der Waals surface area contributed by atoms with Crippen LogP contribution in [0.15, 0.2) is 0 Å². The number of sulfone groups is 1. The molecule has 0 aromatic rings. The van der Waals surface area contributed by atoms with Crippen molar-refractivity contribution in [2.75, 3.05) is 38.2 Å². The number of carbonyl (C=O) groups excluding carboxylic acids is 1. The molecule has 1 aliphatic heterocycles. The lowest BCUT2D eigenvalue weighted by Gasteiger charge is -2.27. The van der Waals surface area contributed by atoms with Gasteiger partial charge in [0.25, 0.3) is 0 Å². The van der Waals surface area contributed by atoms with E-state index in [9.17, 15) is 13.2 Å². The van der Waals surface area contributed by atoms with E-state index in [1.807, 2.05) is 14.0 Å². The van der Waals surface area contributed by atoms with E-state index in [1.54, 1.807) is 4.90 Å². The molecule has 118 valence electrons. The molecule has 1 rings (SSSR count). The van der Waals surface area contributed by atoms with Crippen LogP contribution in [0.3, 0.4) is 0 Å². The molecule has 5 nitrogen and oxygen atoms in total. The second-order valence-electron chi connectivity index (χ2n) is 5.60. The Morgan fingerprint density at radius 2 is 1.95 bits per heavy atom. The lowest BCUT2D eigenvalue weighted by atomic mass is 10.2. The molecule has 1 atom stereocenters. The van der Waals surface area contributed by atoms with Gasteiger partial charge in [-0.2, -0.15) is 0 Å². The number of hydrogen-bond acceptors (Lipinski definition) is 4. The van der Waals surface area contributed by atoms with Gasteiger partial charge in [0.05, 0.1) is 11.5 Å². The molecule has 0 saturated carbocycles. The van der Waals surface area contributed by atoms with E-state index in [-0.39, 0.29) is 17.7 Å². The Kier molecular flexibility index (Phi) is 6.95. The Bertz CT molecular complexity index is 409. The predicted octanol–water partition coefficient (Wildman–Crippen LogP) is 1.14. The molecule has 0 aromatic carbocycles. The van der Waals surface area contributed by atoms with Crippen molar-refractivity contribution in [3.05, 3.63) is 0 Å². The smallest absolute Gasteiger partial charge is 0.223 e. The number of nitrogens with zero attached hydrogens (tertiary/aromatic N) is 2. The highest BCUT2D eigenvalue weighted by molar-refractivity contribution is 7.91. The van der Waals surface area contributed by atoms with Crippen LogP contribution in [0, 0.1) is 0 Å². The Morgan fingerprint density at radius 3 is 2.45 bits per heavy atom. The number of carbonyl (C=O) groups is 1. The summed E-state index contributed by atoms with van der Waals surface area (Å²) in [6.45, 7) is 6.39. The van der Waals surface area contributed by atoms with Crippen LogP contribution in [-0.2, 0) is 14.6 Å². The molecule has 0 aliphatic carbocycles. The molecule has 0 aromatic heterocycles. The zero-order valence-electron chi connectivity index (χ0n) is 13.0. The Morgan fingerprint density at radius 1 is 1.25 bits per heavy atom. The third-order valence-electron chi connectivity index (χ3n) is 4.02. The Hall–Kier alpha value is -0.620. The van der Waals surface area contributed by atoms with Gasteiger partial charge in [-0.1, -0.05) is 20.3 Å².